The Hall–Kier alpha value is -3.10. The largest absolute Gasteiger partial charge is 0.398 e. The van der Waals surface area contributed by atoms with Crippen molar-refractivity contribution in [3.8, 4) is 22.3 Å². The van der Waals surface area contributed by atoms with Gasteiger partial charge in [0.25, 0.3) is 0 Å². The second-order valence-electron chi connectivity index (χ2n) is 5.67. The summed E-state index contributed by atoms with van der Waals surface area (Å²) in [7, 11) is 0. The van der Waals surface area contributed by atoms with E-state index < -0.39 is 0 Å². The number of benzene rings is 4. The highest BCUT2D eigenvalue weighted by Gasteiger charge is 2.14. The molecule has 0 aliphatic heterocycles. The zero-order valence-electron chi connectivity index (χ0n) is 13.4. The van der Waals surface area contributed by atoms with Gasteiger partial charge < -0.3 is 11.9 Å². The standard InChI is InChI=1S/C22H17N.H3N/c23-22-19-14-8-7-13-18(19)15-20(16-9-3-1-4-10-16)21(22)17-11-5-2-6-12-17;/h1-15H,23H2;1H3. The van der Waals surface area contributed by atoms with Crippen LogP contribution in [0.15, 0.2) is 91.0 Å². The molecule has 0 bridgehead atoms. The van der Waals surface area contributed by atoms with Crippen molar-refractivity contribution in [1.29, 1.82) is 0 Å². The van der Waals surface area contributed by atoms with Gasteiger partial charge in [0.15, 0.2) is 0 Å². The van der Waals surface area contributed by atoms with Crippen LogP contribution in [0.1, 0.15) is 0 Å². The van der Waals surface area contributed by atoms with E-state index in [9.17, 15) is 0 Å². The highest BCUT2D eigenvalue weighted by atomic mass is 14.6. The molecule has 0 saturated heterocycles. The van der Waals surface area contributed by atoms with E-state index in [1.807, 2.05) is 18.2 Å². The number of anilines is 1. The molecule has 0 fully saturated rings. The van der Waals surface area contributed by atoms with E-state index in [2.05, 4.69) is 72.8 Å². The predicted octanol–water partition coefficient (Wildman–Crippen LogP) is 5.92. The van der Waals surface area contributed by atoms with Gasteiger partial charge in [-0.3, -0.25) is 0 Å². The molecule has 5 N–H and O–H groups in total. The van der Waals surface area contributed by atoms with E-state index in [0.29, 0.717) is 0 Å². The smallest absolute Gasteiger partial charge is 0.0479 e. The first-order valence-corrected chi connectivity index (χ1v) is 7.76. The second kappa shape index (κ2) is 6.57. The van der Waals surface area contributed by atoms with Gasteiger partial charge >= 0.3 is 0 Å². The average molecular weight is 312 g/mol. The van der Waals surface area contributed by atoms with Gasteiger partial charge in [0.1, 0.15) is 0 Å². The predicted molar refractivity (Wildman–Crippen MR) is 104 cm³/mol. The van der Waals surface area contributed by atoms with Gasteiger partial charge in [0.05, 0.1) is 0 Å². The molecule has 24 heavy (non-hydrogen) atoms. The third-order valence-electron chi connectivity index (χ3n) is 4.24. The van der Waals surface area contributed by atoms with Crippen LogP contribution < -0.4 is 11.9 Å². The van der Waals surface area contributed by atoms with Gasteiger partial charge in [0.2, 0.25) is 0 Å². The van der Waals surface area contributed by atoms with Crippen molar-refractivity contribution in [1.82, 2.24) is 6.15 Å². The molecule has 2 nitrogen and oxygen atoms in total. The average Bonchev–Trinajstić information content (AvgIpc) is 2.63. The first-order valence-electron chi connectivity index (χ1n) is 7.76. The molecule has 2 heteroatoms. The van der Waals surface area contributed by atoms with Gasteiger partial charge in [-0.15, -0.1) is 0 Å². The Morgan fingerprint density at radius 1 is 0.583 bits per heavy atom. The molecule has 0 saturated carbocycles. The van der Waals surface area contributed by atoms with Crippen molar-refractivity contribution in [3.63, 3.8) is 0 Å². The van der Waals surface area contributed by atoms with Crippen LogP contribution in [0.3, 0.4) is 0 Å². The Kier molecular flexibility index (Phi) is 4.32. The van der Waals surface area contributed by atoms with Gasteiger partial charge in [-0.2, -0.15) is 0 Å². The lowest BCUT2D eigenvalue weighted by molar-refractivity contribution is 1.60. The summed E-state index contributed by atoms with van der Waals surface area (Å²) in [5.74, 6) is 0. The summed E-state index contributed by atoms with van der Waals surface area (Å²) in [6, 6.07) is 31.4. The lowest BCUT2D eigenvalue weighted by atomic mass is 9.90. The zero-order valence-corrected chi connectivity index (χ0v) is 13.4. The minimum Gasteiger partial charge on any atom is -0.398 e. The summed E-state index contributed by atoms with van der Waals surface area (Å²) in [5.41, 5.74) is 12.0. The fourth-order valence-electron chi connectivity index (χ4n) is 3.14. The number of nitrogens with two attached hydrogens (primary N) is 1. The Morgan fingerprint density at radius 2 is 1.12 bits per heavy atom. The molecule has 0 atom stereocenters. The monoisotopic (exact) mass is 312 g/mol. The molecule has 118 valence electrons. The maximum absolute atomic E-state index is 6.59. The summed E-state index contributed by atoms with van der Waals surface area (Å²) in [5, 5.41) is 2.27. The summed E-state index contributed by atoms with van der Waals surface area (Å²) >= 11 is 0. The molecule has 0 amide bonds. The molecule has 0 aromatic heterocycles. The minimum absolute atomic E-state index is 0. The third kappa shape index (κ3) is 2.64. The maximum atomic E-state index is 6.59. The zero-order chi connectivity index (χ0) is 15.6. The third-order valence-corrected chi connectivity index (χ3v) is 4.24. The number of fused-ring (bicyclic) bond motifs is 1. The van der Waals surface area contributed by atoms with Crippen LogP contribution in [0.5, 0.6) is 0 Å². The Bertz CT molecular complexity index is 961. The summed E-state index contributed by atoms with van der Waals surface area (Å²) in [6.45, 7) is 0. The fraction of sp³-hybridized carbons (Fsp3) is 0. The highest BCUT2D eigenvalue weighted by molar-refractivity contribution is 6.07. The molecule has 4 aromatic carbocycles. The summed E-state index contributed by atoms with van der Waals surface area (Å²) in [4.78, 5) is 0. The van der Waals surface area contributed by atoms with Crippen LogP contribution in [0.4, 0.5) is 5.69 Å². The maximum Gasteiger partial charge on any atom is 0.0479 e. The molecule has 0 aliphatic rings. The van der Waals surface area contributed by atoms with Crippen molar-refractivity contribution in [2.24, 2.45) is 0 Å². The molecule has 0 radical (unpaired) electrons. The molecular formula is C22H20N2. The lowest BCUT2D eigenvalue weighted by Gasteiger charge is -2.16. The van der Waals surface area contributed by atoms with Crippen molar-refractivity contribution >= 4 is 16.5 Å². The first kappa shape index (κ1) is 15.8. The van der Waals surface area contributed by atoms with E-state index in [1.165, 1.54) is 16.5 Å². The van der Waals surface area contributed by atoms with E-state index in [0.717, 1.165) is 22.2 Å². The summed E-state index contributed by atoms with van der Waals surface area (Å²) < 4.78 is 0. The van der Waals surface area contributed by atoms with Crippen LogP contribution in [-0.4, -0.2) is 0 Å². The first-order chi connectivity index (χ1) is 11.3. The van der Waals surface area contributed by atoms with Crippen molar-refractivity contribution in [2.75, 3.05) is 5.73 Å². The van der Waals surface area contributed by atoms with E-state index in [1.54, 1.807) is 0 Å². The van der Waals surface area contributed by atoms with Crippen LogP contribution in [0.2, 0.25) is 0 Å². The molecule has 0 spiro atoms. The quantitative estimate of drug-likeness (QED) is 0.451. The van der Waals surface area contributed by atoms with Crippen LogP contribution in [0.25, 0.3) is 33.0 Å². The topological polar surface area (TPSA) is 61.0 Å². The van der Waals surface area contributed by atoms with Gasteiger partial charge in [-0.25, -0.2) is 0 Å². The lowest BCUT2D eigenvalue weighted by Crippen LogP contribution is -1.95. The number of nitrogen functional groups attached to an aromatic ring is 1. The molecular weight excluding hydrogens is 292 g/mol. The summed E-state index contributed by atoms with van der Waals surface area (Å²) in [6.07, 6.45) is 0. The molecule has 0 heterocycles. The van der Waals surface area contributed by atoms with Gasteiger partial charge in [-0.05, 0) is 28.1 Å². The SMILES string of the molecule is N.Nc1c(-c2ccccc2)c(-c2ccccc2)cc2ccccc12. The van der Waals surface area contributed by atoms with Crippen molar-refractivity contribution in [3.05, 3.63) is 91.0 Å². The Morgan fingerprint density at radius 3 is 1.79 bits per heavy atom. The number of hydrogen-bond acceptors (Lipinski definition) is 2. The molecule has 0 aliphatic carbocycles. The van der Waals surface area contributed by atoms with Gasteiger partial charge in [0, 0.05) is 16.6 Å². The number of hydrogen-bond donors (Lipinski definition) is 2. The minimum atomic E-state index is 0. The normalized spacial score (nSPS) is 10.3. The highest BCUT2D eigenvalue weighted by Crippen LogP contribution is 2.41. The van der Waals surface area contributed by atoms with Gasteiger partial charge in [-0.1, -0.05) is 84.9 Å². The van der Waals surface area contributed by atoms with Crippen LogP contribution >= 0.6 is 0 Å². The van der Waals surface area contributed by atoms with E-state index in [-0.39, 0.29) is 6.15 Å². The molecule has 4 aromatic rings. The van der Waals surface area contributed by atoms with E-state index in [4.69, 9.17) is 5.73 Å². The fourth-order valence-corrected chi connectivity index (χ4v) is 3.14. The Labute approximate surface area is 142 Å². The van der Waals surface area contributed by atoms with Crippen LogP contribution in [-0.2, 0) is 0 Å². The Balaban J connectivity index is 0.00000169. The molecule has 0 unspecified atom stereocenters. The van der Waals surface area contributed by atoms with E-state index >= 15 is 0 Å². The second-order valence-corrected chi connectivity index (χ2v) is 5.67. The van der Waals surface area contributed by atoms with Crippen LogP contribution in [0, 0.1) is 0 Å². The molecule has 4 rings (SSSR count). The van der Waals surface area contributed by atoms with Crippen molar-refractivity contribution < 1.29 is 0 Å². The van der Waals surface area contributed by atoms with Crippen molar-refractivity contribution in [2.45, 2.75) is 0 Å². The number of rotatable bonds is 2.